The van der Waals surface area contributed by atoms with Gasteiger partial charge >= 0.3 is 0 Å². The Hall–Kier alpha value is -5.06. The van der Waals surface area contributed by atoms with Crippen LogP contribution in [0.3, 0.4) is 0 Å². The summed E-state index contributed by atoms with van der Waals surface area (Å²) in [4.78, 5) is 5.34. The SMILES string of the molecule is CCC(C)c1ccc(N2c3cc(C)cc4c3B(c3cc5c(cc3N4c3ccc(C(C)(C)C)cc3-c3ccccc3)C(C)(C)CCC5(C)C)c3sc4ccc(C(C)(C)C)cc4c32)cc1. The third kappa shape index (κ3) is 6.72. The molecule has 10 rings (SSSR count). The molecular weight excluding hydrogens is 780 g/mol. The van der Waals surface area contributed by atoms with Crippen molar-refractivity contribution in [2.24, 2.45) is 0 Å². The molecule has 1 aliphatic carbocycles. The van der Waals surface area contributed by atoms with Gasteiger partial charge in [0.2, 0.25) is 0 Å². The molecule has 2 aliphatic heterocycles. The van der Waals surface area contributed by atoms with Crippen LogP contribution in [-0.2, 0) is 21.7 Å². The Morgan fingerprint density at radius 2 is 1.25 bits per heavy atom. The average Bonchev–Trinajstić information content (AvgIpc) is 3.62. The standard InChI is InChI=1S/C59H65BN2S/c1-14-37(3)38-20-24-42(25-21-38)61-50-30-36(2)31-51-53(50)60(55-54(61)44-33-41(57(7,8)9)23-27-52(44)63-55)47-34-45-46(59(12,13)29-28-58(45,10)11)35-49(47)62(51)48-26-22-40(56(4,5)6)32-43(48)39-18-16-15-17-19-39/h15-27,30-35,37H,14,28-29H2,1-13H3. The molecule has 2 nitrogen and oxygen atoms in total. The summed E-state index contributed by atoms with van der Waals surface area (Å²) >= 11 is 2.01. The monoisotopic (exact) mass is 844 g/mol. The lowest BCUT2D eigenvalue weighted by Gasteiger charge is -2.47. The lowest BCUT2D eigenvalue weighted by atomic mass is 9.35. The number of hydrogen-bond donors (Lipinski definition) is 0. The van der Waals surface area contributed by atoms with Crippen LogP contribution in [0.15, 0.2) is 115 Å². The van der Waals surface area contributed by atoms with E-state index in [1.165, 1.54) is 117 Å². The summed E-state index contributed by atoms with van der Waals surface area (Å²) in [6, 6.07) is 45.6. The zero-order valence-electron chi connectivity index (χ0n) is 40.0. The summed E-state index contributed by atoms with van der Waals surface area (Å²) in [5.74, 6) is 0.511. The minimum absolute atomic E-state index is 0.000451. The van der Waals surface area contributed by atoms with Crippen molar-refractivity contribution in [1.82, 2.24) is 0 Å². The molecule has 0 radical (unpaired) electrons. The number of aryl methyl sites for hydroxylation is 1. The Morgan fingerprint density at radius 1 is 0.651 bits per heavy atom. The fourth-order valence-corrected chi connectivity index (χ4v) is 12.2. The molecule has 0 saturated carbocycles. The first-order chi connectivity index (χ1) is 29.8. The lowest BCUT2D eigenvalue weighted by molar-refractivity contribution is 0.332. The van der Waals surface area contributed by atoms with Crippen molar-refractivity contribution in [2.75, 3.05) is 9.80 Å². The maximum atomic E-state index is 2.69. The molecule has 4 heteroatoms. The lowest BCUT2D eigenvalue weighted by Crippen LogP contribution is -2.61. The van der Waals surface area contributed by atoms with Gasteiger partial charge in [0.25, 0.3) is 6.71 Å². The Balaban J connectivity index is 1.35. The van der Waals surface area contributed by atoms with E-state index in [1.54, 1.807) is 0 Å². The van der Waals surface area contributed by atoms with Crippen LogP contribution in [0, 0.1) is 6.92 Å². The average molecular weight is 845 g/mol. The quantitative estimate of drug-likeness (QED) is 0.159. The molecule has 1 unspecified atom stereocenters. The van der Waals surface area contributed by atoms with Crippen LogP contribution >= 0.6 is 11.3 Å². The van der Waals surface area contributed by atoms with E-state index < -0.39 is 0 Å². The number of hydrogen-bond acceptors (Lipinski definition) is 3. The van der Waals surface area contributed by atoms with Crippen LogP contribution in [0.4, 0.5) is 34.1 Å². The van der Waals surface area contributed by atoms with Crippen molar-refractivity contribution in [3.8, 4) is 11.1 Å². The molecule has 0 amide bonds. The molecule has 320 valence electrons. The van der Waals surface area contributed by atoms with E-state index in [9.17, 15) is 0 Å². The van der Waals surface area contributed by atoms with Gasteiger partial charge in [0.05, 0.1) is 11.4 Å². The van der Waals surface area contributed by atoms with Gasteiger partial charge in [-0.3, -0.25) is 0 Å². The largest absolute Gasteiger partial charge is 0.311 e. The van der Waals surface area contributed by atoms with E-state index in [-0.39, 0.29) is 28.4 Å². The number of nitrogens with zero attached hydrogens (tertiary/aromatic N) is 2. The number of benzene rings is 6. The zero-order chi connectivity index (χ0) is 44.5. The normalized spacial score (nSPS) is 16.7. The smallest absolute Gasteiger partial charge is 0.264 e. The van der Waals surface area contributed by atoms with E-state index >= 15 is 0 Å². The number of rotatable bonds is 5. The van der Waals surface area contributed by atoms with Crippen molar-refractivity contribution in [3.63, 3.8) is 0 Å². The fourth-order valence-electron chi connectivity index (χ4n) is 10.9. The molecule has 0 bridgehead atoms. The summed E-state index contributed by atoms with van der Waals surface area (Å²) in [5.41, 5.74) is 21.6. The fraction of sp³-hybridized carbons (Fsp3) is 0.356. The van der Waals surface area contributed by atoms with Gasteiger partial charge in [0.15, 0.2) is 0 Å². The molecule has 6 aromatic carbocycles. The van der Waals surface area contributed by atoms with Gasteiger partial charge in [0.1, 0.15) is 0 Å². The molecule has 7 aromatic rings. The molecule has 1 atom stereocenters. The Labute approximate surface area is 382 Å². The van der Waals surface area contributed by atoms with Crippen LogP contribution in [0.25, 0.3) is 21.2 Å². The molecule has 1 aromatic heterocycles. The van der Waals surface area contributed by atoms with Crippen molar-refractivity contribution >= 4 is 78.0 Å². The highest BCUT2D eigenvalue weighted by Crippen LogP contribution is 2.53. The van der Waals surface area contributed by atoms with Crippen LogP contribution in [-0.4, -0.2) is 6.71 Å². The first-order valence-corrected chi connectivity index (χ1v) is 24.4. The molecule has 0 spiro atoms. The summed E-state index contributed by atoms with van der Waals surface area (Å²) in [6.45, 7) is 31.0. The maximum absolute atomic E-state index is 2.69. The van der Waals surface area contributed by atoms with Crippen LogP contribution < -0.4 is 25.5 Å². The van der Waals surface area contributed by atoms with E-state index in [1.807, 2.05) is 11.3 Å². The predicted octanol–water partition coefficient (Wildman–Crippen LogP) is 15.4. The summed E-state index contributed by atoms with van der Waals surface area (Å²) in [6.07, 6.45) is 3.48. The van der Waals surface area contributed by atoms with Crippen LogP contribution in [0.2, 0.25) is 0 Å². The Morgan fingerprint density at radius 3 is 1.89 bits per heavy atom. The summed E-state index contributed by atoms with van der Waals surface area (Å²) < 4.78 is 2.80. The van der Waals surface area contributed by atoms with E-state index in [0.29, 0.717) is 5.92 Å². The van der Waals surface area contributed by atoms with Gasteiger partial charge in [-0.1, -0.05) is 144 Å². The van der Waals surface area contributed by atoms with Crippen LogP contribution in [0.1, 0.15) is 142 Å². The third-order valence-electron chi connectivity index (χ3n) is 15.2. The minimum Gasteiger partial charge on any atom is -0.311 e. The molecule has 63 heavy (non-hydrogen) atoms. The highest BCUT2D eigenvalue weighted by atomic mass is 32.1. The molecule has 0 N–H and O–H groups in total. The van der Waals surface area contributed by atoms with Gasteiger partial charge in [0, 0.05) is 43.2 Å². The number of fused-ring (bicyclic) bond motifs is 7. The van der Waals surface area contributed by atoms with Gasteiger partial charge in [-0.25, -0.2) is 0 Å². The van der Waals surface area contributed by atoms with Gasteiger partial charge in [-0.2, -0.15) is 0 Å². The third-order valence-corrected chi connectivity index (χ3v) is 16.4. The van der Waals surface area contributed by atoms with Crippen LogP contribution in [0.5, 0.6) is 0 Å². The second-order valence-electron chi connectivity index (χ2n) is 22.6. The maximum Gasteiger partial charge on any atom is 0.264 e. The first kappa shape index (κ1) is 41.9. The minimum atomic E-state index is -0.000451. The second-order valence-corrected chi connectivity index (χ2v) is 23.7. The van der Waals surface area contributed by atoms with Crippen molar-refractivity contribution in [3.05, 3.63) is 149 Å². The molecule has 3 aliphatic rings. The van der Waals surface area contributed by atoms with Crippen molar-refractivity contribution < 1.29 is 0 Å². The molecule has 0 saturated heterocycles. The number of thiophene rings is 1. The molecule has 0 fully saturated rings. The van der Waals surface area contributed by atoms with Gasteiger partial charge < -0.3 is 9.80 Å². The Bertz CT molecular complexity index is 2940. The first-order valence-electron chi connectivity index (χ1n) is 23.6. The summed E-state index contributed by atoms with van der Waals surface area (Å²) in [5, 5.41) is 1.36. The van der Waals surface area contributed by atoms with Gasteiger partial charge in [-0.15, -0.1) is 11.3 Å². The molecule has 3 heterocycles. The van der Waals surface area contributed by atoms with E-state index in [4.69, 9.17) is 0 Å². The predicted molar refractivity (Wildman–Crippen MR) is 277 cm³/mol. The summed E-state index contributed by atoms with van der Waals surface area (Å²) in [7, 11) is 0. The Kier molecular flexibility index (Phi) is 9.64. The zero-order valence-corrected chi connectivity index (χ0v) is 40.9. The highest BCUT2D eigenvalue weighted by molar-refractivity contribution is 7.33. The second kappa shape index (κ2) is 14.5. The molecular formula is C59H65BN2S. The highest BCUT2D eigenvalue weighted by Gasteiger charge is 2.48. The van der Waals surface area contributed by atoms with Gasteiger partial charge in [-0.05, 0) is 158 Å². The van der Waals surface area contributed by atoms with Crippen molar-refractivity contribution in [2.45, 2.75) is 137 Å². The van der Waals surface area contributed by atoms with E-state index in [0.717, 1.165) is 6.42 Å². The number of anilines is 6. The van der Waals surface area contributed by atoms with E-state index in [2.05, 4.69) is 215 Å². The topological polar surface area (TPSA) is 6.48 Å². The van der Waals surface area contributed by atoms with Crippen molar-refractivity contribution in [1.29, 1.82) is 0 Å².